The molecule has 2 atom stereocenters. The summed E-state index contributed by atoms with van der Waals surface area (Å²) in [6.07, 6.45) is 2.38. The van der Waals surface area contributed by atoms with Crippen LogP contribution in [0.2, 0.25) is 0 Å². The van der Waals surface area contributed by atoms with E-state index in [0.29, 0.717) is 18.4 Å². The molecular weight excluding hydrogens is 230 g/mol. The second-order valence-corrected chi connectivity index (χ2v) is 5.91. The number of aliphatic hydroxyl groups is 1. The minimum atomic E-state index is -3.57. The molecule has 3 N–H and O–H groups in total. The van der Waals surface area contributed by atoms with Gasteiger partial charge in [0.05, 0.1) is 12.8 Å². The predicted molar refractivity (Wildman–Crippen MR) is 57.0 cm³/mol. The molecule has 0 saturated heterocycles. The standard InChI is InChI=1S/C9H15N3O3S/c1-6-2-7(6)4-11-16(14,15)9-8(5-13)3-10-12-9/h3,6-7,11,13H,2,4-5H2,1H3,(H,10,12). The van der Waals surface area contributed by atoms with Crippen LogP contribution in [0.5, 0.6) is 0 Å². The SMILES string of the molecule is CC1CC1CNS(=O)(=O)c1[nH]ncc1CO. The van der Waals surface area contributed by atoms with Crippen LogP contribution in [0, 0.1) is 11.8 Å². The van der Waals surface area contributed by atoms with Gasteiger partial charge in [-0.25, -0.2) is 13.1 Å². The Morgan fingerprint density at radius 3 is 2.94 bits per heavy atom. The van der Waals surface area contributed by atoms with Gasteiger partial charge < -0.3 is 5.11 Å². The lowest BCUT2D eigenvalue weighted by atomic mass is 10.3. The van der Waals surface area contributed by atoms with Crippen molar-refractivity contribution in [3.05, 3.63) is 11.8 Å². The monoisotopic (exact) mass is 245 g/mol. The molecule has 6 nitrogen and oxygen atoms in total. The lowest BCUT2D eigenvalue weighted by molar-refractivity contribution is 0.278. The summed E-state index contributed by atoms with van der Waals surface area (Å²) in [5, 5.41) is 14.9. The van der Waals surface area contributed by atoms with E-state index in [0.717, 1.165) is 6.42 Å². The summed E-state index contributed by atoms with van der Waals surface area (Å²) in [6.45, 7) is 2.20. The minimum Gasteiger partial charge on any atom is -0.392 e. The summed E-state index contributed by atoms with van der Waals surface area (Å²) >= 11 is 0. The van der Waals surface area contributed by atoms with Crippen molar-refractivity contribution in [2.45, 2.75) is 25.0 Å². The average molecular weight is 245 g/mol. The Kier molecular flexibility index (Phi) is 3.00. The van der Waals surface area contributed by atoms with E-state index in [1.54, 1.807) is 0 Å². The van der Waals surface area contributed by atoms with Crippen molar-refractivity contribution in [3.8, 4) is 0 Å². The molecule has 2 unspecified atom stereocenters. The van der Waals surface area contributed by atoms with Crippen LogP contribution in [0.4, 0.5) is 0 Å². The second-order valence-electron chi connectivity index (χ2n) is 4.21. The van der Waals surface area contributed by atoms with Crippen LogP contribution in [0.25, 0.3) is 0 Å². The molecule has 1 aromatic rings. The number of sulfonamides is 1. The predicted octanol–water partition coefficient (Wildman–Crippen LogP) is -0.164. The highest BCUT2D eigenvalue weighted by Gasteiger charge is 2.33. The fourth-order valence-corrected chi connectivity index (χ4v) is 2.83. The third kappa shape index (κ3) is 2.26. The van der Waals surface area contributed by atoms with Crippen LogP contribution in [0.3, 0.4) is 0 Å². The fourth-order valence-electron chi connectivity index (χ4n) is 1.62. The van der Waals surface area contributed by atoms with Gasteiger partial charge in [-0.2, -0.15) is 5.10 Å². The molecule has 1 aliphatic rings. The van der Waals surface area contributed by atoms with Gasteiger partial charge >= 0.3 is 0 Å². The molecule has 0 spiro atoms. The Balaban J connectivity index is 2.06. The Hall–Kier alpha value is -0.920. The molecule has 0 aliphatic heterocycles. The molecule has 90 valence electrons. The first-order chi connectivity index (χ1) is 7.54. The second kappa shape index (κ2) is 4.15. The minimum absolute atomic E-state index is 0.0386. The van der Waals surface area contributed by atoms with Gasteiger partial charge in [0.15, 0.2) is 5.03 Å². The molecule has 0 aromatic carbocycles. The van der Waals surface area contributed by atoms with Crippen LogP contribution in [0.1, 0.15) is 18.9 Å². The van der Waals surface area contributed by atoms with E-state index in [4.69, 9.17) is 5.11 Å². The topological polar surface area (TPSA) is 95.1 Å². The Morgan fingerprint density at radius 2 is 2.38 bits per heavy atom. The smallest absolute Gasteiger partial charge is 0.257 e. The first-order valence-corrected chi connectivity index (χ1v) is 6.65. The maximum Gasteiger partial charge on any atom is 0.257 e. The van der Waals surface area contributed by atoms with E-state index in [2.05, 4.69) is 21.8 Å². The van der Waals surface area contributed by atoms with Crippen LogP contribution in [-0.4, -0.2) is 30.3 Å². The fraction of sp³-hybridized carbons (Fsp3) is 0.667. The molecular formula is C9H15N3O3S. The molecule has 16 heavy (non-hydrogen) atoms. The van der Waals surface area contributed by atoms with E-state index in [-0.39, 0.29) is 17.2 Å². The van der Waals surface area contributed by atoms with Crippen molar-refractivity contribution < 1.29 is 13.5 Å². The van der Waals surface area contributed by atoms with Gasteiger partial charge in [0.1, 0.15) is 0 Å². The number of hydrogen-bond donors (Lipinski definition) is 3. The van der Waals surface area contributed by atoms with Crippen molar-refractivity contribution in [2.24, 2.45) is 11.8 Å². The van der Waals surface area contributed by atoms with Crippen LogP contribution >= 0.6 is 0 Å². The van der Waals surface area contributed by atoms with Crippen molar-refractivity contribution in [1.29, 1.82) is 0 Å². The van der Waals surface area contributed by atoms with E-state index < -0.39 is 10.0 Å². The number of aromatic nitrogens is 2. The quantitative estimate of drug-likeness (QED) is 0.671. The van der Waals surface area contributed by atoms with E-state index in [1.165, 1.54) is 6.20 Å². The van der Waals surface area contributed by atoms with Crippen molar-refractivity contribution in [3.63, 3.8) is 0 Å². The Morgan fingerprint density at radius 1 is 1.69 bits per heavy atom. The summed E-state index contributed by atoms with van der Waals surface area (Å²) in [5.74, 6) is 1.04. The van der Waals surface area contributed by atoms with E-state index >= 15 is 0 Å². The molecule has 1 fully saturated rings. The summed E-state index contributed by atoms with van der Waals surface area (Å²) < 4.78 is 26.2. The summed E-state index contributed by atoms with van der Waals surface area (Å²) in [4.78, 5) is 0. The van der Waals surface area contributed by atoms with E-state index in [9.17, 15) is 8.42 Å². The highest BCUT2D eigenvalue weighted by atomic mass is 32.2. The lowest BCUT2D eigenvalue weighted by Crippen LogP contribution is -2.27. The van der Waals surface area contributed by atoms with Crippen LogP contribution in [-0.2, 0) is 16.6 Å². The molecule has 0 bridgehead atoms. The first kappa shape index (κ1) is 11.6. The maximum atomic E-state index is 11.8. The van der Waals surface area contributed by atoms with Crippen molar-refractivity contribution in [2.75, 3.05) is 6.54 Å². The normalized spacial score (nSPS) is 24.6. The Bertz CT molecular complexity index is 468. The van der Waals surface area contributed by atoms with Crippen LogP contribution < -0.4 is 4.72 Å². The molecule has 2 rings (SSSR count). The third-order valence-electron chi connectivity index (χ3n) is 2.93. The van der Waals surface area contributed by atoms with E-state index in [1.807, 2.05) is 0 Å². The molecule has 1 heterocycles. The molecule has 1 aliphatic carbocycles. The summed E-state index contributed by atoms with van der Waals surface area (Å²) in [5.41, 5.74) is 0.288. The summed E-state index contributed by atoms with van der Waals surface area (Å²) in [7, 11) is -3.57. The zero-order valence-electron chi connectivity index (χ0n) is 8.97. The number of aromatic amines is 1. The van der Waals surface area contributed by atoms with Gasteiger partial charge in [-0.3, -0.25) is 5.10 Å². The molecule has 1 saturated carbocycles. The zero-order valence-corrected chi connectivity index (χ0v) is 9.79. The molecule has 0 amide bonds. The zero-order chi connectivity index (χ0) is 11.8. The van der Waals surface area contributed by atoms with Gasteiger partial charge in [0, 0.05) is 12.1 Å². The summed E-state index contributed by atoms with van der Waals surface area (Å²) in [6, 6.07) is 0. The maximum absolute atomic E-state index is 11.8. The molecule has 7 heteroatoms. The van der Waals surface area contributed by atoms with Gasteiger partial charge in [0.25, 0.3) is 10.0 Å². The average Bonchev–Trinajstić information content (AvgIpc) is 2.78. The number of H-pyrrole nitrogens is 1. The van der Waals surface area contributed by atoms with Crippen molar-refractivity contribution in [1.82, 2.24) is 14.9 Å². The molecule has 1 aromatic heterocycles. The highest BCUT2D eigenvalue weighted by molar-refractivity contribution is 7.89. The van der Waals surface area contributed by atoms with Gasteiger partial charge in [-0.05, 0) is 18.3 Å². The van der Waals surface area contributed by atoms with Gasteiger partial charge in [-0.1, -0.05) is 6.92 Å². The number of aliphatic hydroxyl groups excluding tert-OH is 1. The third-order valence-corrected chi connectivity index (χ3v) is 4.37. The largest absolute Gasteiger partial charge is 0.392 e. The van der Waals surface area contributed by atoms with Gasteiger partial charge in [0.2, 0.25) is 0 Å². The number of hydrogen-bond acceptors (Lipinski definition) is 4. The Labute approximate surface area is 94.1 Å². The van der Waals surface area contributed by atoms with Crippen LogP contribution in [0.15, 0.2) is 11.2 Å². The lowest BCUT2D eigenvalue weighted by Gasteiger charge is -2.05. The number of nitrogens with one attached hydrogen (secondary N) is 2. The van der Waals surface area contributed by atoms with Crippen molar-refractivity contribution >= 4 is 10.0 Å². The number of nitrogens with zero attached hydrogens (tertiary/aromatic N) is 1. The highest BCUT2D eigenvalue weighted by Crippen LogP contribution is 2.37. The van der Waals surface area contributed by atoms with Gasteiger partial charge in [-0.15, -0.1) is 0 Å². The molecule has 0 radical (unpaired) electrons. The first-order valence-electron chi connectivity index (χ1n) is 5.17. The number of rotatable bonds is 5.